The number of ether oxygens (including phenoxy) is 2. The van der Waals surface area contributed by atoms with Crippen molar-refractivity contribution in [2.75, 3.05) is 19.6 Å². The highest BCUT2D eigenvalue weighted by atomic mass is 32.1. The summed E-state index contributed by atoms with van der Waals surface area (Å²) >= 11 is 1.24. The Bertz CT molecular complexity index is 1720. The Balaban J connectivity index is 1.30. The molecule has 0 saturated carbocycles. The van der Waals surface area contributed by atoms with E-state index in [9.17, 15) is 4.79 Å². The Labute approximate surface area is 248 Å². The molecule has 2 amide bonds. The van der Waals surface area contributed by atoms with Gasteiger partial charge in [0.2, 0.25) is 0 Å². The summed E-state index contributed by atoms with van der Waals surface area (Å²) in [7, 11) is 0. The molecule has 9 heteroatoms. The fourth-order valence-electron chi connectivity index (χ4n) is 6.42. The predicted molar refractivity (Wildman–Crippen MR) is 165 cm³/mol. The van der Waals surface area contributed by atoms with Crippen LogP contribution in [-0.2, 0) is 6.54 Å². The predicted octanol–water partition coefficient (Wildman–Crippen LogP) is 7.02. The molecule has 4 aromatic carbocycles. The third-order valence-corrected chi connectivity index (χ3v) is 9.21. The lowest BCUT2D eigenvalue weighted by Gasteiger charge is -2.40. The first kappa shape index (κ1) is 26.4. The highest BCUT2D eigenvalue weighted by Gasteiger charge is 2.48. The number of likely N-dealkylation sites (tertiary alicyclic amines) is 1. The van der Waals surface area contributed by atoms with E-state index in [-0.39, 0.29) is 11.6 Å². The number of urea groups is 1. The summed E-state index contributed by atoms with van der Waals surface area (Å²) in [5.41, 5.74) is 10.4. The second kappa shape index (κ2) is 10.7. The number of piperidine rings is 1. The van der Waals surface area contributed by atoms with E-state index in [0.29, 0.717) is 24.1 Å². The fraction of sp³-hybridized carbons (Fsp3) is 0.242. The molecule has 0 bridgehead atoms. The van der Waals surface area contributed by atoms with Crippen molar-refractivity contribution in [1.82, 2.24) is 18.1 Å². The molecule has 0 radical (unpaired) electrons. The second-order valence-corrected chi connectivity index (χ2v) is 11.7. The number of fused-ring (bicyclic) bond motifs is 2. The minimum absolute atomic E-state index is 0.369. The fourth-order valence-corrected chi connectivity index (χ4v) is 6.96. The van der Waals surface area contributed by atoms with Gasteiger partial charge in [0.25, 0.3) is 0 Å². The summed E-state index contributed by atoms with van der Waals surface area (Å²) in [5, 5.41) is 0. The summed E-state index contributed by atoms with van der Waals surface area (Å²) in [5.74, 6) is 2.47. The van der Waals surface area contributed by atoms with Gasteiger partial charge in [-0.15, -0.1) is 0 Å². The summed E-state index contributed by atoms with van der Waals surface area (Å²) in [4.78, 5) is 13.6. The molecule has 5 aromatic rings. The molecule has 8 nitrogen and oxygen atoms in total. The number of quaternary nitrogens is 1. The molecule has 7 rings (SSSR count). The molecule has 42 heavy (non-hydrogen) atoms. The molecular weight excluding hydrogens is 546 g/mol. The van der Waals surface area contributed by atoms with E-state index in [1.807, 2.05) is 54.6 Å². The van der Waals surface area contributed by atoms with Gasteiger partial charge in [-0.05, 0) is 48.5 Å². The normalized spacial score (nSPS) is 19.6. The number of carbonyl (C=O) groups excluding carboxylic acids is 1. The van der Waals surface area contributed by atoms with Gasteiger partial charge in [-0.25, -0.2) is 9.28 Å². The topological polar surface area (TPSA) is 90.6 Å². The molecule has 1 unspecified atom stereocenters. The Morgan fingerprint density at radius 3 is 2.36 bits per heavy atom. The summed E-state index contributed by atoms with van der Waals surface area (Å²) in [6.07, 6.45) is 2.29. The zero-order chi connectivity index (χ0) is 28.6. The average molecular weight is 579 g/mol. The van der Waals surface area contributed by atoms with Gasteiger partial charge in [0.15, 0.2) is 22.6 Å². The smallest absolute Gasteiger partial charge is 0.314 e. The molecule has 212 valence electrons. The van der Waals surface area contributed by atoms with Gasteiger partial charge in [0.05, 0.1) is 18.3 Å². The Morgan fingerprint density at radius 1 is 0.857 bits per heavy atom. The Kier molecular flexibility index (Phi) is 6.76. The zero-order valence-electron chi connectivity index (χ0n) is 23.2. The van der Waals surface area contributed by atoms with E-state index in [4.69, 9.17) is 19.6 Å². The van der Waals surface area contributed by atoms with Crippen LogP contribution in [0.25, 0.3) is 11.0 Å². The molecule has 1 aromatic heterocycles. The monoisotopic (exact) mass is 578 g/mol. The van der Waals surface area contributed by atoms with E-state index < -0.39 is 0 Å². The van der Waals surface area contributed by atoms with Crippen molar-refractivity contribution in [3.8, 4) is 17.2 Å². The van der Waals surface area contributed by atoms with Crippen LogP contribution in [0.5, 0.6) is 17.2 Å². The quantitative estimate of drug-likeness (QED) is 0.226. The van der Waals surface area contributed by atoms with Crippen LogP contribution in [0, 0.1) is 0 Å². The lowest BCUT2D eigenvalue weighted by atomic mass is 9.87. The number of amides is 2. The van der Waals surface area contributed by atoms with Crippen LogP contribution in [0.4, 0.5) is 16.2 Å². The van der Waals surface area contributed by atoms with E-state index in [1.165, 1.54) is 17.3 Å². The van der Waals surface area contributed by atoms with E-state index in [2.05, 4.69) is 46.8 Å². The van der Waals surface area contributed by atoms with Crippen molar-refractivity contribution in [1.29, 1.82) is 0 Å². The summed E-state index contributed by atoms with van der Waals surface area (Å²) in [6.45, 7) is 2.68. The van der Waals surface area contributed by atoms with Crippen LogP contribution in [0.15, 0.2) is 97.1 Å². The molecule has 1 atom stereocenters. The van der Waals surface area contributed by atoms with Gasteiger partial charge in [-0.2, -0.15) is 8.75 Å². The molecule has 2 aliphatic heterocycles. The van der Waals surface area contributed by atoms with Crippen LogP contribution in [-0.4, -0.2) is 44.9 Å². The molecule has 2 N–H and O–H groups in total. The summed E-state index contributed by atoms with van der Waals surface area (Å²) in [6, 6.07) is 32.5. The standard InChI is InChI=1S/C33H31N5O3S/c34-32(39)37-20-17-33(18-21-37)19-22-38(28-10-4-5-12-30(28)41-33,29-11-6-9-27-31(29)36-42-35-27)23-24-13-15-26(16-14-24)40-25-7-2-1-3-8-25/h1-16H,17-23H2,(H-,34,39)/p+1. The molecule has 1 saturated heterocycles. The van der Waals surface area contributed by atoms with Crippen molar-refractivity contribution in [3.63, 3.8) is 0 Å². The molecule has 1 spiro atoms. The highest BCUT2D eigenvalue weighted by Crippen LogP contribution is 2.50. The van der Waals surface area contributed by atoms with Crippen LogP contribution in [0.2, 0.25) is 0 Å². The first-order valence-electron chi connectivity index (χ1n) is 14.3. The third-order valence-electron chi connectivity index (χ3n) is 8.67. The van der Waals surface area contributed by atoms with Crippen molar-refractivity contribution in [3.05, 3.63) is 103 Å². The van der Waals surface area contributed by atoms with Gasteiger partial charge in [-0.1, -0.05) is 36.4 Å². The van der Waals surface area contributed by atoms with Crippen molar-refractivity contribution in [2.24, 2.45) is 5.73 Å². The van der Waals surface area contributed by atoms with Gasteiger partial charge in [0, 0.05) is 50.0 Å². The van der Waals surface area contributed by atoms with Crippen LogP contribution in [0.1, 0.15) is 24.8 Å². The lowest BCUT2D eigenvalue weighted by molar-refractivity contribution is 0.00830. The van der Waals surface area contributed by atoms with Crippen LogP contribution in [0.3, 0.4) is 0 Å². The first-order valence-corrected chi connectivity index (χ1v) is 15.0. The van der Waals surface area contributed by atoms with Crippen LogP contribution < -0.4 is 19.7 Å². The number of para-hydroxylation sites is 3. The number of nitrogens with two attached hydrogens (primary N) is 1. The van der Waals surface area contributed by atoms with E-state index in [0.717, 1.165) is 65.5 Å². The van der Waals surface area contributed by atoms with Gasteiger partial charge >= 0.3 is 6.03 Å². The molecule has 3 heterocycles. The number of benzene rings is 4. The number of aromatic nitrogens is 2. The largest absolute Gasteiger partial charge is 0.481 e. The molecule has 0 aliphatic carbocycles. The van der Waals surface area contributed by atoms with Gasteiger partial charge in [0.1, 0.15) is 29.2 Å². The summed E-state index contributed by atoms with van der Waals surface area (Å²) < 4.78 is 22.9. The number of rotatable bonds is 5. The maximum Gasteiger partial charge on any atom is 0.314 e. The van der Waals surface area contributed by atoms with Gasteiger partial charge < -0.3 is 20.1 Å². The maximum atomic E-state index is 11.9. The SMILES string of the molecule is NC(=O)N1CCC2(CC1)CC[N+](Cc1ccc(Oc3ccccc3)cc1)(c1cccc3nsnc13)c1ccccc1O2. The Morgan fingerprint density at radius 2 is 1.57 bits per heavy atom. The van der Waals surface area contributed by atoms with E-state index in [1.54, 1.807) is 4.90 Å². The van der Waals surface area contributed by atoms with Crippen molar-refractivity contribution >= 4 is 40.2 Å². The third kappa shape index (κ3) is 4.84. The van der Waals surface area contributed by atoms with E-state index >= 15 is 0 Å². The highest BCUT2D eigenvalue weighted by molar-refractivity contribution is 7.00. The number of nitrogens with zero attached hydrogens (tertiary/aromatic N) is 4. The lowest BCUT2D eigenvalue weighted by Crippen LogP contribution is -2.52. The number of hydrogen-bond acceptors (Lipinski definition) is 6. The molecule has 2 aliphatic rings. The number of primary amides is 1. The first-order chi connectivity index (χ1) is 20.5. The molecular formula is C33H32N5O3S+. The zero-order valence-corrected chi connectivity index (χ0v) is 24.0. The second-order valence-electron chi connectivity index (χ2n) is 11.1. The van der Waals surface area contributed by atoms with Gasteiger partial charge in [-0.3, -0.25) is 0 Å². The average Bonchev–Trinajstić information content (AvgIpc) is 3.46. The van der Waals surface area contributed by atoms with Crippen molar-refractivity contribution < 1.29 is 14.3 Å². The van der Waals surface area contributed by atoms with Crippen molar-refractivity contribution in [2.45, 2.75) is 31.4 Å². The Hall–Kier alpha value is -4.47. The minimum Gasteiger partial charge on any atom is -0.481 e. The minimum atomic E-state index is -0.385. The molecule has 1 fully saturated rings. The number of hydrogen-bond donors (Lipinski definition) is 1. The van der Waals surface area contributed by atoms with Crippen LogP contribution >= 0.6 is 11.7 Å². The maximum absolute atomic E-state index is 11.9. The number of carbonyl (C=O) groups is 1.